The molecule has 2 fully saturated rings. The van der Waals surface area contributed by atoms with E-state index in [0.717, 1.165) is 43.1 Å². The molecular weight excluding hydrogens is 624 g/mol. The summed E-state index contributed by atoms with van der Waals surface area (Å²) in [4.78, 5) is 72.9. The van der Waals surface area contributed by atoms with E-state index in [4.69, 9.17) is 9.72 Å². The molecule has 49 heavy (non-hydrogen) atoms. The maximum Gasteiger partial charge on any atom is 0.325 e. The number of aromatic nitrogens is 1. The Labute approximate surface area is 288 Å². The van der Waals surface area contributed by atoms with Crippen LogP contribution in [0.5, 0.6) is 0 Å². The van der Waals surface area contributed by atoms with Crippen LogP contribution in [-0.4, -0.2) is 70.3 Å². The summed E-state index contributed by atoms with van der Waals surface area (Å²) < 4.78 is 5.83. The average Bonchev–Trinajstić information content (AvgIpc) is 3.08. The molecule has 1 aromatic carbocycles. The largest absolute Gasteiger partial charge is 0.455 e. The normalized spacial score (nSPS) is 26.5. The van der Waals surface area contributed by atoms with Crippen molar-refractivity contribution in [3.63, 3.8) is 0 Å². The molecule has 2 aromatic rings. The number of hydrogen-bond donors (Lipinski definition) is 4. The Kier molecular flexibility index (Phi) is 11.4. The second kappa shape index (κ2) is 15.5. The zero-order valence-electron chi connectivity index (χ0n) is 29.2. The van der Waals surface area contributed by atoms with Crippen LogP contribution >= 0.6 is 0 Å². The van der Waals surface area contributed by atoms with Gasteiger partial charge < -0.3 is 20.7 Å². The van der Waals surface area contributed by atoms with E-state index < -0.39 is 47.4 Å². The van der Waals surface area contributed by atoms with Crippen LogP contribution in [0.1, 0.15) is 103 Å². The van der Waals surface area contributed by atoms with Crippen molar-refractivity contribution in [3.05, 3.63) is 47.7 Å². The molecule has 1 saturated heterocycles. The quantitative estimate of drug-likeness (QED) is 0.356. The summed E-state index contributed by atoms with van der Waals surface area (Å²) in [5.74, 6) is -2.69. The maximum absolute atomic E-state index is 14.0. The molecule has 5 bridgehead atoms. The molecule has 4 atom stereocenters. The molecule has 12 heteroatoms. The Balaban J connectivity index is 1.47. The molecule has 12 nitrogen and oxygen atoms in total. The lowest BCUT2D eigenvalue weighted by atomic mass is 9.89. The van der Waals surface area contributed by atoms with Gasteiger partial charge >= 0.3 is 5.97 Å². The molecule has 1 aromatic heterocycles. The molecule has 2 aliphatic heterocycles. The van der Waals surface area contributed by atoms with Gasteiger partial charge in [-0.25, -0.2) is 10.4 Å². The lowest BCUT2D eigenvalue weighted by Crippen LogP contribution is -2.62. The Morgan fingerprint density at radius 3 is 2.49 bits per heavy atom. The van der Waals surface area contributed by atoms with Crippen LogP contribution in [-0.2, 0) is 28.7 Å². The number of nitrogens with one attached hydrogen (secondary N) is 4. The monoisotopic (exact) mass is 674 g/mol. The van der Waals surface area contributed by atoms with Crippen molar-refractivity contribution >= 4 is 46.6 Å². The molecule has 1 aliphatic carbocycles. The van der Waals surface area contributed by atoms with Gasteiger partial charge in [-0.2, -0.15) is 0 Å². The molecule has 4 amide bonds. The number of rotatable bonds is 4. The molecule has 264 valence electrons. The lowest BCUT2D eigenvalue weighted by molar-refractivity contribution is -0.157. The number of cyclic esters (lactones) is 1. The average molecular weight is 675 g/mol. The summed E-state index contributed by atoms with van der Waals surface area (Å²) in [5.41, 5.74) is 4.10. The number of hydrogen-bond acceptors (Lipinski definition) is 8. The van der Waals surface area contributed by atoms with Gasteiger partial charge in [0.1, 0.15) is 24.2 Å². The van der Waals surface area contributed by atoms with E-state index in [1.807, 2.05) is 36.4 Å². The van der Waals surface area contributed by atoms with E-state index in [0.29, 0.717) is 24.1 Å². The van der Waals surface area contributed by atoms with Crippen LogP contribution in [0.15, 0.2) is 36.4 Å². The summed E-state index contributed by atoms with van der Waals surface area (Å²) in [5, 5.41) is 10.9. The predicted octanol–water partition coefficient (Wildman–Crippen LogP) is 3.85. The van der Waals surface area contributed by atoms with Gasteiger partial charge in [-0.1, -0.05) is 63.5 Å². The highest BCUT2D eigenvalue weighted by atomic mass is 16.5. The third-order valence-electron chi connectivity index (χ3n) is 9.67. The molecule has 0 spiro atoms. The van der Waals surface area contributed by atoms with E-state index in [2.05, 4.69) is 21.4 Å². The number of carbonyl (C=O) groups excluding carboxylic acids is 5. The summed E-state index contributed by atoms with van der Waals surface area (Å²) in [7, 11) is 0. The molecule has 3 aliphatic rings. The Morgan fingerprint density at radius 2 is 1.76 bits per heavy atom. The van der Waals surface area contributed by atoms with Crippen LogP contribution in [0, 0.1) is 11.3 Å². The molecule has 4 N–H and O–H groups in total. The number of esters is 1. The highest BCUT2D eigenvalue weighted by Crippen LogP contribution is 2.25. The van der Waals surface area contributed by atoms with E-state index in [1.165, 1.54) is 5.01 Å². The highest BCUT2D eigenvalue weighted by Gasteiger charge is 2.37. The summed E-state index contributed by atoms with van der Waals surface area (Å²) >= 11 is 0. The van der Waals surface area contributed by atoms with Crippen molar-refractivity contribution in [2.45, 2.75) is 116 Å². The van der Waals surface area contributed by atoms with Crippen LogP contribution in [0.3, 0.4) is 0 Å². The van der Waals surface area contributed by atoms with Gasteiger partial charge in [0.2, 0.25) is 17.7 Å². The van der Waals surface area contributed by atoms with Crippen molar-refractivity contribution in [3.8, 4) is 0 Å². The van der Waals surface area contributed by atoms with Crippen LogP contribution in [0.25, 0.3) is 17.0 Å². The molecule has 0 radical (unpaired) electrons. The van der Waals surface area contributed by atoms with Gasteiger partial charge in [-0.05, 0) is 70.1 Å². The molecule has 1 saturated carbocycles. The minimum absolute atomic E-state index is 0.0215. The third kappa shape index (κ3) is 9.03. The highest BCUT2D eigenvalue weighted by molar-refractivity contribution is 5.96. The van der Waals surface area contributed by atoms with Crippen molar-refractivity contribution in [1.29, 1.82) is 0 Å². The molecule has 5 rings (SSSR count). The SMILES string of the molecule is CC(C)[C@@H]1NC(=O)C(C)(C)/C=C/c2ccc3ccc(nc3c2)[C@@H](C)OC(=O)[C@@H]2CCCN(N2)C(=O)[C@H](CC(=O)NC2CCCCC2)NC1=O. The number of amides is 4. The number of hydrazine groups is 1. The zero-order chi connectivity index (χ0) is 35.3. The Hall–Kier alpha value is -4.32. The number of ether oxygens (including phenoxy) is 1. The second-order valence-corrected chi connectivity index (χ2v) is 14.5. The lowest BCUT2D eigenvalue weighted by Gasteiger charge is -2.36. The number of benzene rings is 1. The summed E-state index contributed by atoms with van der Waals surface area (Å²) in [6, 6.07) is 6.50. The first-order chi connectivity index (χ1) is 23.3. The van der Waals surface area contributed by atoms with E-state index in [1.54, 1.807) is 40.7 Å². The first-order valence-electron chi connectivity index (χ1n) is 17.6. The fraction of sp³-hybridized carbons (Fsp3) is 0.568. The van der Waals surface area contributed by atoms with Gasteiger partial charge in [0, 0.05) is 18.0 Å². The van der Waals surface area contributed by atoms with Crippen LogP contribution < -0.4 is 21.4 Å². The van der Waals surface area contributed by atoms with Crippen molar-refractivity contribution in [2.75, 3.05) is 6.54 Å². The van der Waals surface area contributed by atoms with E-state index in [9.17, 15) is 24.0 Å². The first kappa shape index (κ1) is 36.0. The summed E-state index contributed by atoms with van der Waals surface area (Å²) in [6.45, 7) is 9.16. The van der Waals surface area contributed by atoms with Crippen molar-refractivity contribution in [1.82, 2.24) is 31.4 Å². The van der Waals surface area contributed by atoms with Gasteiger partial charge in [0.15, 0.2) is 0 Å². The van der Waals surface area contributed by atoms with Gasteiger partial charge in [-0.15, -0.1) is 0 Å². The Morgan fingerprint density at radius 1 is 1.02 bits per heavy atom. The van der Waals surface area contributed by atoms with Crippen molar-refractivity contribution < 1.29 is 28.7 Å². The minimum atomic E-state index is -1.24. The standard InChI is InChI=1S/C37H50N6O6/c1-22(2)32-33(45)40-30(21-31(44)38-26-10-7-6-8-11-26)34(46)43-19-9-12-28(42-43)35(47)49-23(3)27-16-15-25-14-13-24(20-29(25)39-27)17-18-37(4,5)36(48)41-32/h13-18,20,22-23,26,28,30,32,42H,6-12,19,21H2,1-5H3,(H,38,44)(H,40,45)(H,41,48)/b18-17+/t23-,28+,30+,32+/m1/s1. The number of carbonyl (C=O) groups is 5. The second-order valence-electron chi connectivity index (χ2n) is 14.5. The Bertz CT molecular complexity index is 1600. The smallest absolute Gasteiger partial charge is 0.325 e. The van der Waals surface area contributed by atoms with Gasteiger partial charge in [-0.3, -0.25) is 29.0 Å². The summed E-state index contributed by atoms with van der Waals surface area (Å²) in [6.07, 6.45) is 8.51. The number of nitrogens with zero attached hydrogens (tertiary/aromatic N) is 2. The number of pyridine rings is 1. The molecule has 0 unspecified atom stereocenters. The molecular formula is C37H50N6O6. The number of fused-ring (bicyclic) bond motifs is 4. The van der Waals surface area contributed by atoms with Gasteiger partial charge in [0.25, 0.3) is 5.91 Å². The maximum atomic E-state index is 14.0. The minimum Gasteiger partial charge on any atom is -0.455 e. The molecule has 3 heterocycles. The van der Waals surface area contributed by atoms with Gasteiger partial charge in [0.05, 0.1) is 23.0 Å². The van der Waals surface area contributed by atoms with E-state index >= 15 is 0 Å². The van der Waals surface area contributed by atoms with Crippen LogP contribution in [0.4, 0.5) is 0 Å². The predicted molar refractivity (Wildman–Crippen MR) is 185 cm³/mol. The fourth-order valence-electron chi connectivity index (χ4n) is 6.52. The third-order valence-corrected chi connectivity index (χ3v) is 9.67. The zero-order valence-corrected chi connectivity index (χ0v) is 29.2. The van der Waals surface area contributed by atoms with E-state index in [-0.39, 0.29) is 36.7 Å². The first-order valence-corrected chi connectivity index (χ1v) is 17.6. The van der Waals surface area contributed by atoms with Crippen molar-refractivity contribution in [2.24, 2.45) is 11.3 Å². The topological polar surface area (TPSA) is 159 Å². The van der Waals surface area contributed by atoms with Crippen LogP contribution in [0.2, 0.25) is 0 Å². The fourth-order valence-corrected chi connectivity index (χ4v) is 6.52.